The maximum Gasteiger partial charge on any atom is 0.307 e. The van der Waals surface area contributed by atoms with E-state index in [0.717, 1.165) is 11.0 Å². The molecule has 1 aliphatic rings. The van der Waals surface area contributed by atoms with Crippen LogP contribution < -0.4 is 0 Å². The summed E-state index contributed by atoms with van der Waals surface area (Å²) in [5, 5.41) is 18.6. The zero-order valence-corrected chi connectivity index (χ0v) is 10.1. The van der Waals surface area contributed by atoms with E-state index < -0.39 is 11.9 Å². The predicted octanol–water partition coefficient (Wildman–Crippen LogP) is 2.09. The normalized spacial score (nSPS) is 25.2. The van der Waals surface area contributed by atoms with Gasteiger partial charge in [0.1, 0.15) is 11.6 Å². The molecule has 0 spiro atoms. The average molecular weight is 246 g/mol. The summed E-state index contributed by atoms with van der Waals surface area (Å²) in [6.45, 7) is 3.86. The lowest BCUT2D eigenvalue weighted by Crippen LogP contribution is -2.03. The molecular formula is C13H14N2O3. The highest BCUT2D eigenvalue weighted by Gasteiger charge is 2.64. The molecule has 0 aliphatic heterocycles. The fourth-order valence-corrected chi connectivity index (χ4v) is 2.77. The second kappa shape index (κ2) is 3.25. The topological polar surface area (TPSA) is 86.2 Å². The summed E-state index contributed by atoms with van der Waals surface area (Å²) >= 11 is 0. The molecule has 2 atom stereocenters. The molecule has 1 aromatic heterocycles. The predicted molar refractivity (Wildman–Crippen MR) is 65.4 cm³/mol. The maximum absolute atomic E-state index is 11.1. The molecule has 94 valence electrons. The highest BCUT2D eigenvalue weighted by Crippen LogP contribution is 2.63. The van der Waals surface area contributed by atoms with Gasteiger partial charge in [-0.25, -0.2) is 4.98 Å². The van der Waals surface area contributed by atoms with Crippen molar-refractivity contribution >= 4 is 17.0 Å². The number of nitrogens with zero attached hydrogens (tertiary/aromatic N) is 1. The van der Waals surface area contributed by atoms with E-state index in [9.17, 15) is 9.90 Å². The molecule has 1 aromatic carbocycles. The number of rotatable bonds is 2. The van der Waals surface area contributed by atoms with E-state index >= 15 is 0 Å². The van der Waals surface area contributed by atoms with Crippen molar-refractivity contribution < 1.29 is 15.0 Å². The zero-order chi connectivity index (χ0) is 13.1. The summed E-state index contributed by atoms with van der Waals surface area (Å²) < 4.78 is 0. The summed E-state index contributed by atoms with van der Waals surface area (Å²) in [6, 6.07) is 4.88. The largest absolute Gasteiger partial charge is 0.508 e. The van der Waals surface area contributed by atoms with Gasteiger partial charge < -0.3 is 15.2 Å². The number of hydrogen-bond acceptors (Lipinski definition) is 3. The number of phenolic OH excluding ortho intramolecular Hbond substituents is 1. The van der Waals surface area contributed by atoms with Crippen molar-refractivity contribution in [1.29, 1.82) is 0 Å². The third-order valence-electron chi connectivity index (χ3n) is 3.87. The van der Waals surface area contributed by atoms with Crippen LogP contribution in [0.2, 0.25) is 0 Å². The standard InChI is InChI=1S/C13H14N2O3/c1-13(2)9(10(13)12(17)18)11-14-7-4-3-6(16)5-8(7)15-11/h3-5,9-10,16H,1-2H3,(H,14,15)(H,17,18). The van der Waals surface area contributed by atoms with Crippen molar-refractivity contribution in [1.82, 2.24) is 9.97 Å². The fourth-order valence-electron chi connectivity index (χ4n) is 2.77. The number of imidazole rings is 1. The maximum atomic E-state index is 11.1. The molecular weight excluding hydrogens is 232 g/mol. The quantitative estimate of drug-likeness (QED) is 0.757. The first-order chi connectivity index (χ1) is 8.41. The minimum absolute atomic E-state index is 0.0930. The summed E-state index contributed by atoms with van der Waals surface area (Å²) in [5.41, 5.74) is 1.20. The van der Waals surface area contributed by atoms with Gasteiger partial charge >= 0.3 is 5.97 Å². The van der Waals surface area contributed by atoms with Crippen molar-refractivity contribution in [3.8, 4) is 5.75 Å². The van der Waals surface area contributed by atoms with Gasteiger partial charge in [0.15, 0.2) is 0 Å². The van der Waals surface area contributed by atoms with E-state index in [0.29, 0.717) is 5.82 Å². The van der Waals surface area contributed by atoms with Crippen LogP contribution in [0, 0.1) is 11.3 Å². The van der Waals surface area contributed by atoms with E-state index in [1.165, 1.54) is 0 Å². The van der Waals surface area contributed by atoms with E-state index in [4.69, 9.17) is 5.11 Å². The molecule has 2 unspecified atom stereocenters. The Bertz CT molecular complexity index is 645. The lowest BCUT2D eigenvalue weighted by atomic mass is 10.1. The molecule has 0 bridgehead atoms. The van der Waals surface area contributed by atoms with Crippen LogP contribution in [-0.4, -0.2) is 26.2 Å². The Morgan fingerprint density at radius 3 is 2.78 bits per heavy atom. The second-order valence-corrected chi connectivity index (χ2v) is 5.44. The molecule has 1 saturated carbocycles. The van der Waals surface area contributed by atoms with Crippen molar-refractivity contribution in [2.45, 2.75) is 19.8 Å². The second-order valence-electron chi connectivity index (χ2n) is 5.44. The smallest absolute Gasteiger partial charge is 0.307 e. The number of aromatic nitrogens is 2. The molecule has 5 nitrogen and oxygen atoms in total. The Morgan fingerprint density at radius 1 is 1.44 bits per heavy atom. The van der Waals surface area contributed by atoms with Crippen LogP contribution in [0.1, 0.15) is 25.6 Å². The number of carboxylic acids is 1. The van der Waals surface area contributed by atoms with Crippen LogP contribution in [0.4, 0.5) is 0 Å². The van der Waals surface area contributed by atoms with E-state index in [1.807, 2.05) is 13.8 Å². The minimum atomic E-state index is -0.784. The van der Waals surface area contributed by atoms with Gasteiger partial charge in [0.2, 0.25) is 0 Å². The van der Waals surface area contributed by atoms with Gasteiger partial charge in [-0.3, -0.25) is 4.79 Å². The SMILES string of the molecule is CC1(C)C(C(=O)O)C1c1nc2ccc(O)cc2[nH]1. The lowest BCUT2D eigenvalue weighted by Gasteiger charge is -1.97. The number of carboxylic acid groups (broad SMARTS) is 1. The van der Waals surface area contributed by atoms with Gasteiger partial charge in [-0.05, 0) is 17.5 Å². The number of aromatic amines is 1. The highest BCUT2D eigenvalue weighted by atomic mass is 16.4. The molecule has 18 heavy (non-hydrogen) atoms. The van der Waals surface area contributed by atoms with Gasteiger partial charge in [-0.1, -0.05) is 13.8 Å². The molecule has 2 aromatic rings. The molecule has 3 rings (SSSR count). The number of H-pyrrole nitrogens is 1. The number of carbonyl (C=O) groups is 1. The van der Waals surface area contributed by atoms with E-state index in [1.54, 1.807) is 18.2 Å². The monoisotopic (exact) mass is 246 g/mol. The Balaban J connectivity index is 2.04. The first kappa shape index (κ1) is 11.1. The van der Waals surface area contributed by atoms with E-state index in [-0.39, 0.29) is 17.1 Å². The van der Waals surface area contributed by atoms with Gasteiger partial charge in [-0.15, -0.1) is 0 Å². The average Bonchev–Trinajstić information content (AvgIpc) is 2.66. The van der Waals surface area contributed by atoms with Crippen molar-refractivity contribution in [3.63, 3.8) is 0 Å². The fraction of sp³-hybridized carbons (Fsp3) is 0.385. The van der Waals surface area contributed by atoms with Crippen LogP contribution in [0.3, 0.4) is 0 Å². The van der Waals surface area contributed by atoms with Crippen molar-refractivity contribution in [2.24, 2.45) is 11.3 Å². The first-order valence-electron chi connectivity index (χ1n) is 5.82. The summed E-state index contributed by atoms with van der Waals surface area (Å²) in [7, 11) is 0. The van der Waals surface area contributed by atoms with Crippen LogP contribution in [0.5, 0.6) is 5.75 Å². The van der Waals surface area contributed by atoms with Crippen LogP contribution in [0.15, 0.2) is 18.2 Å². The molecule has 0 radical (unpaired) electrons. The Labute approximate surface area is 103 Å². The Morgan fingerprint density at radius 2 is 2.17 bits per heavy atom. The minimum Gasteiger partial charge on any atom is -0.508 e. The molecule has 0 saturated heterocycles. The number of nitrogens with one attached hydrogen (secondary N) is 1. The van der Waals surface area contributed by atoms with Gasteiger partial charge in [0.05, 0.1) is 17.0 Å². The lowest BCUT2D eigenvalue weighted by molar-refractivity contribution is -0.139. The number of aliphatic carboxylic acids is 1. The van der Waals surface area contributed by atoms with Crippen molar-refractivity contribution in [2.75, 3.05) is 0 Å². The summed E-state index contributed by atoms with van der Waals surface area (Å²) in [4.78, 5) is 18.7. The molecule has 0 amide bonds. The van der Waals surface area contributed by atoms with E-state index in [2.05, 4.69) is 9.97 Å². The summed E-state index contributed by atoms with van der Waals surface area (Å²) in [6.07, 6.45) is 0. The number of benzene rings is 1. The van der Waals surface area contributed by atoms with Gasteiger partial charge in [0, 0.05) is 12.0 Å². The van der Waals surface area contributed by atoms with Gasteiger partial charge in [0.25, 0.3) is 0 Å². The number of fused-ring (bicyclic) bond motifs is 1. The Kier molecular flexibility index (Phi) is 2.00. The third kappa shape index (κ3) is 1.40. The molecule has 1 aliphatic carbocycles. The van der Waals surface area contributed by atoms with Crippen LogP contribution in [-0.2, 0) is 4.79 Å². The highest BCUT2D eigenvalue weighted by molar-refractivity contribution is 5.80. The third-order valence-corrected chi connectivity index (χ3v) is 3.87. The Hall–Kier alpha value is -2.04. The molecule has 1 heterocycles. The van der Waals surface area contributed by atoms with Gasteiger partial charge in [-0.2, -0.15) is 0 Å². The number of phenols is 1. The van der Waals surface area contributed by atoms with Crippen LogP contribution >= 0.6 is 0 Å². The molecule has 3 N–H and O–H groups in total. The number of hydrogen-bond donors (Lipinski definition) is 3. The molecule has 1 fully saturated rings. The first-order valence-corrected chi connectivity index (χ1v) is 5.82. The number of aromatic hydroxyl groups is 1. The van der Waals surface area contributed by atoms with Crippen LogP contribution in [0.25, 0.3) is 11.0 Å². The zero-order valence-electron chi connectivity index (χ0n) is 10.1. The van der Waals surface area contributed by atoms with Crippen molar-refractivity contribution in [3.05, 3.63) is 24.0 Å². The summed E-state index contributed by atoms with van der Waals surface area (Å²) in [5.74, 6) is -0.417. The molecule has 5 heteroatoms.